The molecule has 0 aromatic heterocycles. The van der Waals surface area contributed by atoms with Crippen LogP contribution < -0.4 is 5.32 Å². The molecule has 0 bridgehead atoms. The molecular formula is C12H15ClN2O3. The number of halogens is 1. The van der Waals surface area contributed by atoms with Crippen molar-refractivity contribution in [1.29, 1.82) is 0 Å². The van der Waals surface area contributed by atoms with Crippen molar-refractivity contribution in [3.8, 4) is 0 Å². The normalized spacial score (nSPS) is 19.1. The predicted octanol–water partition coefficient (Wildman–Crippen LogP) is 2.37. The molecule has 1 saturated heterocycles. The van der Waals surface area contributed by atoms with Gasteiger partial charge < -0.3 is 10.1 Å². The number of non-ortho nitro benzene ring substituents is 1. The lowest BCUT2D eigenvalue weighted by molar-refractivity contribution is -0.384. The van der Waals surface area contributed by atoms with Gasteiger partial charge in [-0.1, -0.05) is 11.6 Å². The van der Waals surface area contributed by atoms with Crippen LogP contribution in [0.5, 0.6) is 0 Å². The lowest BCUT2D eigenvalue weighted by Crippen LogP contribution is -2.22. The summed E-state index contributed by atoms with van der Waals surface area (Å²) in [6.07, 6.45) is 1.07. The van der Waals surface area contributed by atoms with Crippen LogP contribution in [-0.4, -0.2) is 24.7 Å². The number of ether oxygens (including phenoxy) is 1. The second-order valence-electron chi connectivity index (χ2n) is 4.39. The Morgan fingerprint density at radius 3 is 3.06 bits per heavy atom. The molecule has 1 fully saturated rings. The van der Waals surface area contributed by atoms with Crippen LogP contribution in [-0.2, 0) is 11.3 Å². The van der Waals surface area contributed by atoms with Crippen LogP contribution in [0.25, 0.3) is 0 Å². The number of nitrogens with zero attached hydrogens (tertiary/aromatic N) is 1. The van der Waals surface area contributed by atoms with E-state index in [0.717, 1.165) is 31.7 Å². The summed E-state index contributed by atoms with van der Waals surface area (Å²) >= 11 is 6.01. The number of nitro groups is 1. The third-order valence-corrected chi connectivity index (χ3v) is 3.38. The zero-order chi connectivity index (χ0) is 13.0. The largest absolute Gasteiger partial charge is 0.381 e. The zero-order valence-corrected chi connectivity index (χ0v) is 10.7. The fourth-order valence-electron chi connectivity index (χ4n) is 1.97. The smallest absolute Gasteiger partial charge is 0.269 e. The van der Waals surface area contributed by atoms with Gasteiger partial charge in [0.05, 0.1) is 11.5 Å². The number of nitro benzene ring substituents is 1. The summed E-state index contributed by atoms with van der Waals surface area (Å²) in [6, 6.07) is 4.49. The van der Waals surface area contributed by atoms with Crippen molar-refractivity contribution in [3.63, 3.8) is 0 Å². The summed E-state index contributed by atoms with van der Waals surface area (Å²) in [4.78, 5) is 10.3. The van der Waals surface area contributed by atoms with Gasteiger partial charge in [-0.05, 0) is 24.0 Å². The van der Waals surface area contributed by atoms with Crippen LogP contribution in [0.4, 0.5) is 5.69 Å². The van der Waals surface area contributed by atoms with Crippen molar-refractivity contribution < 1.29 is 9.66 Å². The molecule has 1 heterocycles. The molecule has 1 atom stereocenters. The van der Waals surface area contributed by atoms with E-state index in [4.69, 9.17) is 16.3 Å². The second-order valence-corrected chi connectivity index (χ2v) is 4.80. The van der Waals surface area contributed by atoms with E-state index in [1.54, 1.807) is 6.07 Å². The topological polar surface area (TPSA) is 64.4 Å². The molecule has 1 aliphatic heterocycles. The van der Waals surface area contributed by atoms with E-state index < -0.39 is 4.92 Å². The average Bonchev–Trinajstić information content (AvgIpc) is 2.84. The zero-order valence-electron chi connectivity index (χ0n) is 9.89. The molecule has 0 saturated carbocycles. The molecule has 1 unspecified atom stereocenters. The standard InChI is InChI=1S/C12H15ClN2O3/c13-12-2-1-11(15(16)17)5-10(12)7-14-6-9-3-4-18-8-9/h1-2,5,9,14H,3-4,6-8H2. The molecule has 0 amide bonds. The number of hydrogen-bond acceptors (Lipinski definition) is 4. The van der Waals surface area contributed by atoms with Gasteiger partial charge >= 0.3 is 0 Å². The molecule has 6 heteroatoms. The van der Waals surface area contributed by atoms with Crippen molar-refractivity contribution in [2.24, 2.45) is 5.92 Å². The van der Waals surface area contributed by atoms with Crippen LogP contribution in [0, 0.1) is 16.0 Å². The summed E-state index contributed by atoms with van der Waals surface area (Å²) in [7, 11) is 0. The average molecular weight is 271 g/mol. The van der Waals surface area contributed by atoms with Gasteiger partial charge in [-0.15, -0.1) is 0 Å². The Hall–Kier alpha value is -1.17. The highest BCUT2D eigenvalue weighted by atomic mass is 35.5. The maximum Gasteiger partial charge on any atom is 0.269 e. The van der Waals surface area contributed by atoms with Crippen LogP contribution in [0.1, 0.15) is 12.0 Å². The van der Waals surface area contributed by atoms with Crippen molar-refractivity contribution in [3.05, 3.63) is 38.9 Å². The lowest BCUT2D eigenvalue weighted by atomic mass is 10.1. The summed E-state index contributed by atoms with van der Waals surface area (Å²) < 4.78 is 5.28. The third-order valence-electron chi connectivity index (χ3n) is 3.01. The minimum absolute atomic E-state index is 0.0698. The van der Waals surface area contributed by atoms with Crippen molar-refractivity contribution in [2.75, 3.05) is 19.8 Å². The first-order valence-electron chi connectivity index (χ1n) is 5.88. The van der Waals surface area contributed by atoms with E-state index in [2.05, 4.69) is 5.32 Å². The van der Waals surface area contributed by atoms with E-state index in [1.807, 2.05) is 0 Å². The summed E-state index contributed by atoms with van der Waals surface area (Å²) in [6.45, 7) is 3.00. The first-order chi connectivity index (χ1) is 8.66. The Morgan fingerprint density at radius 1 is 1.56 bits per heavy atom. The number of benzene rings is 1. The molecule has 98 valence electrons. The van der Waals surface area contributed by atoms with Gasteiger partial charge in [0.2, 0.25) is 0 Å². The van der Waals surface area contributed by atoms with Gasteiger partial charge in [0.1, 0.15) is 0 Å². The van der Waals surface area contributed by atoms with Crippen LogP contribution >= 0.6 is 11.6 Å². The minimum atomic E-state index is -0.412. The Bertz CT molecular complexity index is 433. The maximum atomic E-state index is 10.7. The molecule has 0 spiro atoms. The molecule has 1 aliphatic rings. The Balaban J connectivity index is 1.91. The SMILES string of the molecule is O=[N+]([O-])c1ccc(Cl)c(CNCC2CCOC2)c1. The Morgan fingerprint density at radius 2 is 2.39 bits per heavy atom. The van der Waals surface area contributed by atoms with Gasteiger partial charge in [-0.3, -0.25) is 10.1 Å². The first-order valence-corrected chi connectivity index (χ1v) is 6.26. The highest BCUT2D eigenvalue weighted by Crippen LogP contribution is 2.22. The van der Waals surface area contributed by atoms with Crippen molar-refractivity contribution in [2.45, 2.75) is 13.0 Å². The highest BCUT2D eigenvalue weighted by Gasteiger charge is 2.15. The number of nitrogens with one attached hydrogen (secondary N) is 1. The minimum Gasteiger partial charge on any atom is -0.381 e. The van der Waals surface area contributed by atoms with E-state index in [1.165, 1.54) is 12.1 Å². The second kappa shape index (κ2) is 6.13. The quantitative estimate of drug-likeness (QED) is 0.659. The Labute approximate surface area is 110 Å². The van der Waals surface area contributed by atoms with Crippen molar-refractivity contribution in [1.82, 2.24) is 5.32 Å². The fourth-order valence-corrected chi connectivity index (χ4v) is 2.15. The van der Waals surface area contributed by atoms with Gasteiger partial charge in [-0.25, -0.2) is 0 Å². The number of rotatable bonds is 5. The first kappa shape index (κ1) is 13.3. The van der Waals surface area contributed by atoms with E-state index in [-0.39, 0.29) is 5.69 Å². The molecule has 1 N–H and O–H groups in total. The van der Waals surface area contributed by atoms with E-state index in [0.29, 0.717) is 17.5 Å². The van der Waals surface area contributed by atoms with Gasteiger partial charge in [0.15, 0.2) is 0 Å². The molecule has 0 radical (unpaired) electrons. The molecule has 2 rings (SSSR count). The third kappa shape index (κ3) is 3.41. The van der Waals surface area contributed by atoms with Crippen LogP contribution in [0.2, 0.25) is 5.02 Å². The van der Waals surface area contributed by atoms with Crippen LogP contribution in [0.3, 0.4) is 0 Å². The molecule has 1 aromatic rings. The van der Waals surface area contributed by atoms with Crippen LogP contribution in [0.15, 0.2) is 18.2 Å². The molecule has 18 heavy (non-hydrogen) atoms. The van der Waals surface area contributed by atoms with Gasteiger partial charge in [0, 0.05) is 36.9 Å². The summed E-state index contributed by atoms with van der Waals surface area (Å²) in [5.74, 6) is 0.530. The maximum absolute atomic E-state index is 10.7. The summed E-state index contributed by atoms with van der Waals surface area (Å²) in [5.41, 5.74) is 0.824. The van der Waals surface area contributed by atoms with Gasteiger partial charge in [-0.2, -0.15) is 0 Å². The molecule has 0 aliphatic carbocycles. The molecule has 1 aromatic carbocycles. The lowest BCUT2D eigenvalue weighted by Gasteiger charge is -2.10. The Kier molecular flexibility index (Phi) is 4.52. The van der Waals surface area contributed by atoms with E-state index in [9.17, 15) is 10.1 Å². The fraction of sp³-hybridized carbons (Fsp3) is 0.500. The highest BCUT2D eigenvalue weighted by molar-refractivity contribution is 6.31. The molecule has 5 nitrogen and oxygen atoms in total. The van der Waals surface area contributed by atoms with Gasteiger partial charge in [0.25, 0.3) is 5.69 Å². The summed E-state index contributed by atoms with van der Waals surface area (Å²) in [5, 5.41) is 14.5. The predicted molar refractivity (Wildman–Crippen MR) is 68.7 cm³/mol. The molecular weight excluding hydrogens is 256 g/mol. The van der Waals surface area contributed by atoms with Crippen molar-refractivity contribution >= 4 is 17.3 Å². The van der Waals surface area contributed by atoms with E-state index >= 15 is 0 Å². The number of hydrogen-bond donors (Lipinski definition) is 1. The monoisotopic (exact) mass is 270 g/mol.